The monoisotopic (exact) mass is 294 g/mol. The summed E-state index contributed by atoms with van der Waals surface area (Å²) in [5, 5.41) is 0. The second-order valence-corrected chi connectivity index (χ2v) is 6.16. The van der Waals surface area contributed by atoms with Crippen molar-refractivity contribution >= 4 is 5.97 Å². The van der Waals surface area contributed by atoms with E-state index >= 15 is 0 Å². The summed E-state index contributed by atoms with van der Waals surface area (Å²) in [4.78, 5) is 12.2. The van der Waals surface area contributed by atoms with E-state index in [-0.39, 0.29) is 11.9 Å². The van der Waals surface area contributed by atoms with Gasteiger partial charge in [-0.25, -0.2) is 0 Å². The molecule has 0 unspecified atom stereocenters. The van der Waals surface area contributed by atoms with Gasteiger partial charge < -0.3 is 4.74 Å². The Morgan fingerprint density at radius 2 is 1.55 bits per heavy atom. The third-order valence-corrected chi connectivity index (χ3v) is 4.47. The molecule has 0 amide bonds. The minimum atomic E-state index is -0.0283. The number of benzene rings is 2. The standard InChI is InChI=1S/C20H22O2/c21-20(22-15-17-9-5-2-6-10-17)19-12-11-18(14-19)13-16-7-3-1-4-8-16/h1-10,18-19H,11-15H2/t18-,19+/m1/s1. The summed E-state index contributed by atoms with van der Waals surface area (Å²) in [6.07, 6.45) is 4.12. The lowest BCUT2D eigenvalue weighted by molar-refractivity contribution is -0.149. The van der Waals surface area contributed by atoms with E-state index < -0.39 is 0 Å². The average molecular weight is 294 g/mol. The van der Waals surface area contributed by atoms with Gasteiger partial charge in [-0.3, -0.25) is 4.79 Å². The number of hydrogen-bond donors (Lipinski definition) is 0. The molecule has 0 aliphatic heterocycles. The minimum absolute atomic E-state index is 0.0283. The molecule has 22 heavy (non-hydrogen) atoms. The van der Waals surface area contributed by atoms with E-state index in [1.165, 1.54) is 5.56 Å². The molecule has 1 aliphatic carbocycles. The Morgan fingerprint density at radius 3 is 2.23 bits per heavy atom. The van der Waals surface area contributed by atoms with Crippen molar-refractivity contribution in [2.45, 2.75) is 32.3 Å². The maximum Gasteiger partial charge on any atom is 0.309 e. The molecule has 0 heterocycles. The summed E-state index contributed by atoms with van der Waals surface area (Å²) in [6, 6.07) is 20.4. The van der Waals surface area contributed by atoms with Crippen LogP contribution in [0.3, 0.4) is 0 Å². The second-order valence-electron chi connectivity index (χ2n) is 6.16. The molecule has 1 fully saturated rings. The highest BCUT2D eigenvalue weighted by Crippen LogP contribution is 2.34. The molecule has 0 N–H and O–H groups in total. The smallest absolute Gasteiger partial charge is 0.309 e. The molecule has 0 radical (unpaired) electrons. The van der Waals surface area contributed by atoms with Crippen LogP contribution in [0.2, 0.25) is 0 Å². The van der Waals surface area contributed by atoms with E-state index in [9.17, 15) is 4.79 Å². The summed E-state index contributed by atoms with van der Waals surface area (Å²) in [5.41, 5.74) is 2.42. The zero-order chi connectivity index (χ0) is 15.2. The van der Waals surface area contributed by atoms with Crippen molar-refractivity contribution < 1.29 is 9.53 Å². The normalized spacial score (nSPS) is 20.7. The largest absolute Gasteiger partial charge is 0.461 e. The van der Waals surface area contributed by atoms with Crippen molar-refractivity contribution in [1.82, 2.24) is 0 Å². The second kappa shape index (κ2) is 7.26. The number of carbonyl (C=O) groups is 1. The van der Waals surface area contributed by atoms with Crippen LogP contribution >= 0.6 is 0 Å². The first-order valence-electron chi connectivity index (χ1n) is 8.06. The molecule has 0 bridgehead atoms. The maximum absolute atomic E-state index is 12.2. The van der Waals surface area contributed by atoms with Crippen LogP contribution in [0.25, 0.3) is 0 Å². The molecule has 0 saturated heterocycles. The first-order chi connectivity index (χ1) is 10.8. The summed E-state index contributed by atoms with van der Waals surface area (Å²) < 4.78 is 5.47. The lowest BCUT2D eigenvalue weighted by atomic mass is 9.97. The molecule has 0 aromatic heterocycles. The van der Waals surface area contributed by atoms with E-state index in [0.29, 0.717) is 12.5 Å². The Kier molecular flexibility index (Phi) is 4.89. The van der Waals surface area contributed by atoms with Gasteiger partial charge in [-0.1, -0.05) is 60.7 Å². The predicted molar refractivity (Wildman–Crippen MR) is 87.2 cm³/mol. The van der Waals surface area contributed by atoms with Crippen LogP contribution in [-0.4, -0.2) is 5.97 Å². The van der Waals surface area contributed by atoms with Gasteiger partial charge in [0.1, 0.15) is 6.61 Å². The van der Waals surface area contributed by atoms with Gasteiger partial charge in [0, 0.05) is 0 Å². The Balaban J connectivity index is 1.46. The van der Waals surface area contributed by atoms with Gasteiger partial charge in [0.05, 0.1) is 5.92 Å². The molecule has 1 saturated carbocycles. The molecule has 0 spiro atoms. The third-order valence-electron chi connectivity index (χ3n) is 4.47. The Labute approximate surface area is 132 Å². The third kappa shape index (κ3) is 3.97. The van der Waals surface area contributed by atoms with Crippen molar-refractivity contribution in [1.29, 1.82) is 0 Å². The van der Waals surface area contributed by atoms with Crippen LogP contribution in [0.1, 0.15) is 30.4 Å². The zero-order valence-corrected chi connectivity index (χ0v) is 12.8. The molecule has 2 nitrogen and oxygen atoms in total. The molecule has 114 valence electrons. The van der Waals surface area contributed by atoms with E-state index in [1.54, 1.807) is 0 Å². The van der Waals surface area contributed by atoms with Crippen LogP contribution in [-0.2, 0) is 22.6 Å². The van der Waals surface area contributed by atoms with E-state index in [1.807, 2.05) is 36.4 Å². The maximum atomic E-state index is 12.2. The van der Waals surface area contributed by atoms with Crippen molar-refractivity contribution in [2.75, 3.05) is 0 Å². The van der Waals surface area contributed by atoms with Crippen molar-refractivity contribution in [3.63, 3.8) is 0 Å². The lowest BCUT2D eigenvalue weighted by Gasteiger charge is -2.12. The Morgan fingerprint density at radius 1 is 0.909 bits per heavy atom. The summed E-state index contributed by atoms with van der Waals surface area (Å²) in [7, 11) is 0. The highest BCUT2D eigenvalue weighted by molar-refractivity contribution is 5.72. The van der Waals surface area contributed by atoms with Gasteiger partial charge in [-0.05, 0) is 42.7 Å². The van der Waals surface area contributed by atoms with Crippen LogP contribution < -0.4 is 0 Å². The fraction of sp³-hybridized carbons (Fsp3) is 0.350. The Hall–Kier alpha value is -2.09. The van der Waals surface area contributed by atoms with Crippen LogP contribution in [0, 0.1) is 11.8 Å². The highest BCUT2D eigenvalue weighted by Gasteiger charge is 2.30. The topological polar surface area (TPSA) is 26.3 Å². The predicted octanol–water partition coefficient (Wildman–Crippen LogP) is 4.39. The molecular weight excluding hydrogens is 272 g/mol. The van der Waals surface area contributed by atoms with Gasteiger partial charge >= 0.3 is 5.97 Å². The van der Waals surface area contributed by atoms with Gasteiger partial charge in [-0.15, -0.1) is 0 Å². The molecule has 2 heteroatoms. The summed E-state index contributed by atoms with van der Waals surface area (Å²) in [6.45, 7) is 0.388. The first-order valence-corrected chi connectivity index (χ1v) is 8.06. The van der Waals surface area contributed by atoms with E-state index in [4.69, 9.17) is 4.74 Å². The minimum Gasteiger partial charge on any atom is -0.461 e. The highest BCUT2D eigenvalue weighted by atomic mass is 16.5. The molecule has 1 aliphatic rings. The van der Waals surface area contributed by atoms with Crippen LogP contribution in [0.15, 0.2) is 60.7 Å². The van der Waals surface area contributed by atoms with Gasteiger partial charge in [0.2, 0.25) is 0 Å². The summed E-state index contributed by atoms with van der Waals surface area (Å²) in [5.74, 6) is 0.661. The van der Waals surface area contributed by atoms with Gasteiger partial charge in [-0.2, -0.15) is 0 Å². The number of ether oxygens (including phenoxy) is 1. The van der Waals surface area contributed by atoms with E-state index in [2.05, 4.69) is 24.3 Å². The quantitative estimate of drug-likeness (QED) is 0.765. The zero-order valence-electron chi connectivity index (χ0n) is 12.8. The SMILES string of the molecule is O=C(OCc1ccccc1)[C@H]1CC[C@H](Cc2ccccc2)C1. The number of esters is 1. The van der Waals surface area contributed by atoms with Crippen molar-refractivity contribution in [2.24, 2.45) is 11.8 Å². The van der Waals surface area contributed by atoms with Crippen LogP contribution in [0.5, 0.6) is 0 Å². The van der Waals surface area contributed by atoms with Crippen molar-refractivity contribution in [3.05, 3.63) is 71.8 Å². The molecule has 2 aromatic carbocycles. The van der Waals surface area contributed by atoms with E-state index in [0.717, 1.165) is 31.2 Å². The van der Waals surface area contributed by atoms with Crippen molar-refractivity contribution in [3.8, 4) is 0 Å². The molecule has 3 rings (SSSR count). The average Bonchev–Trinajstić information content (AvgIpc) is 3.03. The fourth-order valence-electron chi connectivity index (χ4n) is 3.27. The molecule has 2 aromatic rings. The molecular formula is C20H22O2. The van der Waals surface area contributed by atoms with Crippen LogP contribution in [0.4, 0.5) is 0 Å². The summed E-state index contributed by atoms with van der Waals surface area (Å²) >= 11 is 0. The Bertz CT molecular complexity index is 592. The lowest BCUT2D eigenvalue weighted by Crippen LogP contribution is -2.15. The number of carbonyl (C=O) groups excluding carboxylic acids is 1. The first kappa shape index (κ1) is 14.8. The number of rotatable bonds is 5. The number of hydrogen-bond acceptors (Lipinski definition) is 2. The van der Waals surface area contributed by atoms with Gasteiger partial charge in [0.25, 0.3) is 0 Å². The fourth-order valence-corrected chi connectivity index (χ4v) is 3.27. The molecule has 2 atom stereocenters. The van der Waals surface area contributed by atoms with Gasteiger partial charge in [0.15, 0.2) is 0 Å².